The van der Waals surface area contributed by atoms with Crippen molar-refractivity contribution in [2.24, 2.45) is 0 Å². The van der Waals surface area contributed by atoms with Gasteiger partial charge in [-0.2, -0.15) is 4.31 Å². The number of nitrogens with zero attached hydrogens (tertiary/aromatic N) is 4. The third-order valence-corrected chi connectivity index (χ3v) is 9.06. The number of carbonyl (C=O) groups is 1. The number of aryl methyl sites for hydroxylation is 2. The molecule has 2 heterocycles. The summed E-state index contributed by atoms with van der Waals surface area (Å²) in [6, 6.07) is 3.13. The summed E-state index contributed by atoms with van der Waals surface area (Å²) >= 11 is 0. The highest BCUT2D eigenvalue weighted by atomic mass is 32.2. The summed E-state index contributed by atoms with van der Waals surface area (Å²) in [6.45, 7) is 10.3. The molecule has 2 saturated heterocycles. The van der Waals surface area contributed by atoms with Crippen LogP contribution < -0.4 is 10.1 Å². The van der Waals surface area contributed by atoms with Crippen molar-refractivity contribution in [3.8, 4) is 5.75 Å². The first kappa shape index (κ1) is 27.8. The first-order chi connectivity index (χ1) is 16.7. The van der Waals surface area contributed by atoms with Gasteiger partial charge >= 0.3 is 0 Å². The molecule has 0 aliphatic carbocycles. The average Bonchev–Trinajstić information content (AvgIpc) is 2.82. The fourth-order valence-corrected chi connectivity index (χ4v) is 6.87. The van der Waals surface area contributed by atoms with Crippen molar-refractivity contribution in [3.05, 3.63) is 23.3 Å². The van der Waals surface area contributed by atoms with E-state index < -0.39 is 10.0 Å². The van der Waals surface area contributed by atoms with E-state index in [0.717, 1.165) is 26.2 Å². The third kappa shape index (κ3) is 6.93. The van der Waals surface area contributed by atoms with E-state index >= 15 is 0 Å². The summed E-state index contributed by atoms with van der Waals surface area (Å²) in [5, 5.41) is 3.15. The molecule has 2 aliphatic heterocycles. The Morgan fingerprint density at radius 1 is 1.09 bits per heavy atom. The molecule has 1 amide bonds. The number of hydrogen-bond acceptors (Lipinski definition) is 8. The fourth-order valence-electron chi connectivity index (χ4n) is 4.86. The molecule has 2 aliphatic rings. The normalized spacial score (nSPS) is 20.8. The Morgan fingerprint density at radius 2 is 1.74 bits per heavy atom. The number of nitrogens with one attached hydrogen (secondary N) is 1. The molecule has 1 aromatic rings. The zero-order chi connectivity index (χ0) is 25.6. The van der Waals surface area contributed by atoms with Crippen LogP contribution in [0.5, 0.6) is 5.75 Å². The lowest BCUT2D eigenvalue weighted by Gasteiger charge is -2.39. The lowest BCUT2D eigenvalue weighted by Crippen LogP contribution is -2.56. The predicted octanol–water partition coefficient (Wildman–Crippen LogP) is -0.00306. The maximum atomic E-state index is 13.7. The summed E-state index contributed by atoms with van der Waals surface area (Å²) < 4.78 is 40.1. The van der Waals surface area contributed by atoms with Crippen LogP contribution in [0, 0.1) is 13.8 Å². The highest BCUT2D eigenvalue weighted by Gasteiger charge is 2.37. The number of amides is 1. The van der Waals surface area contributed by atoms with Crippen LogP contribution in [0.3, 0.4) is 0 Å². The van der Waals surface area contributed by atoms with E-state index in [1.807, 2.05) is 19.0 Å². The van der Waals surface area contributed by atoms with Gasteiger partial charge in [0.15, 0.2) is 0 Å². The average molecular weight is 512 g/mol. The van der Waals surface area contributed by atoms with E-state index in [1.54, 1.807) is 37.4 Å². The lowest BCUT2D eigenvalue weighted by molar-refractivity contribution is -0.138. The molecule has 10 nitrogen and oxygen atoms in total. The molecule has 2 fully saturated rings. The molecule has 0 spiro atoms. The Hall–Kier alpha value is -1.76. The summed E-state index contributed by atoms with van der Waals surface area (Å²) in [6.07, 6.45) is 0. The van der Waals surface area contributed by atoms with Gasteiger partial charge in [-0.05, 0) is 51.2 Å². The second-order valence-corrected chi connectivity index (χ2v) is 11.3. The van der Waals surface area contributed by atoms with Crippen molar-refractivity contribution in [2.75, 3.05) is 93.3 Å². The summed E-state index contributed by atoms with van der Waals surface area (Å²) in [4.78, 5) is 19.3. The zero-order valence-corrected chi connectivity index (χ0v) is 22.6. The quantitative estimate of drug-likeness (QED) is 0.469. The van der Waals surface area contributed by atoms with Gasteiger partial charge in [0.05, 0.1) is 24.7 Å². The molecule has 35 heavy (non-hydrogen) atoms. The van der Waals surface area contributed by atoms with Crippen molar-refractivity contribution in [3.63, 3.8) is 0 Å². The van der Waals surface area contributed by atoms with E-state index in [4.69, 9.17) is 9.47 Å². The molecule has 0 bridgehead atoms. The number of rotatable bonds is 10. The number of piperazine rings is 2. The first-order valence-electron chi connectivity index (χ1n) is 12.3. The Bertz CT molecular complexity index is 942. The van der Waals surface area contributed by atoms with E-state index in [0.29, 0.717) is 54.5 Å². The van der Waals surface area contributed by atoms with Crippen molar-refractivity contribution >= 4 is 15.9 Å². The maximum Gasteiger partial charge on any atom is 0.248 e. The first-order valence-corrected chi connectivity index (χ1v) is 13.7. The van der Waals surface area contributed by atoms with Crippen LogP contribution in [0.4, 0.5) is 0 Å². The van der Waals surface area contributed by atoms with Crippen LogP contribution in [0.2, 0.25) is 0 Å². The number of hydrogen-bond donors (Lipinski definition) is 1. The van der Waals surface area contributed by atoms with Gasteiger partial charge in [-0.1, -0.05) is 0 Å². The second-order valence-electron chi connectivity index (χ2n) is 9.46. The minimum absolute atomic E-state index is 0.0365. The number of sulfonamides is 1. The van der Waals surface area contributed by atoms with Gasteiger partial charge in [0.25, 0.3) is 0 Å². The van der Waals surface area contributed by atoms with Crippen LogP contribution in [0.15, 0.2) is 17.0 Å². The highest BCUT2D eigenvalue weighted by Crippen LogP contribution is 2.30. The SMILES string of the molecule is CNCCN1CCN(C(=O)COCC2CN(C)CCN2S(=O)(=O)c2c(C)cc(OC)cc2C)CC1. The van der Waals surface area contributed by atoms with Gasteiger partial charge in [-0.25, -0.2) is 8.42 Å². The standard InChI is InChI=1S/C24H41N5O5S/c1-19-14-22(33-5)15-20(2)24(19)35(31,32)29-13-8-26(4)16-21(29)17-34-18-23(30)28-11-9-27(10-12-28)7-6-25-3/h14-15,21,25H,6-13,16-18H2,1-5H3. The summed E-state index contributed by atoms with van der Waals surface area (Å²) in [5.41, 5.74) is 1.31. The smallest absolute Gasteiger partial charge is 0.248 e. The number of benzene rings is 1. The van der Waals surface area contributed by atoms with E-state index in [2.05, 4.69) is 15.1 Å². The van der Waals surface area contributed by atoms with E-state index in [-0.39, 0.29) is 25.2 Å². The van der Waals surface area contributed by atoms with Crippen molar-refractivity contribution < 1.29 is 22.7 Å². The molecular formula is C24H41N5O5S. The molecule has 1 unspecified atom stereocenters. The van der Waals surface area contributed by atoms with Gasteiger partial charge in [0.1, 0.15) is 12.4 Å². The molecule has 1 N–H and O–H groups in total. The Morgan fingerprint density at radius 3 is 2.34 bits per heavy atom. The minimum Gasteiger partial charge on any atom is -0.497 e. The maximum absolute atomic E-state index is 13.7. The van der Waals surface area contributed by atoms with Gasteiger partial charge < -0.3 is 24.6 Å². The molecule has 0 radical (unpaired) electrons. The van der Waals surface area contributed by atoms with Gasteiger partial charge in [-0.3, -0.25) is 9.69 Å². The molecular weight excluding hydrogens is 470 g/mol. The van der Waals surface area contributed by atoms with Gasteiger partial charge in [-0.15, -0.1) is 0 Å². The van der Waals surface area contributed by atoms with Crippen LogP contribution in [-0.4, -0.2) is 133 Å². The van der Waals surface area contributed by atoms with Crippen molar-refractivity contribution in [1.82, 2.24) is 24.3 Å². The molecule has 1 aromatic carbocycles. The minimum atomic E-state index is -3.74. The topological polar surface area (TPSA) is 94.7 Å². The van der Waals surface area contributed by atoms with Crippen LogP contribution >= 0.6 is 0 Å². The van der Waals surface area contributed by atoms with E-state index in [9.17, 15) is 13.2 Å². The molecule has 0 aromatic heterocycles. The van der Waals surface area contributed by atoms with Crippen LogP contribution in [0.25, 0.3) is 0 Å². The van der Waals surface area contributed by atoms with Crippen molar-refractivity contribution in [2.45, 2.75) is 24.8 Å². The van der Waals surface area contributed by atoms with Gasteiger partial charge in [0, 0.05) is 58.9 Å². The summed E-state index contributed by atoms with van der Waals surface area (Å²) in [7, 11) is 1.74. The molecule has 11 heteroatoms. The molecule has 3 rings (SSSR count). The lowest BCUT2D eigenvalue weighted by atomic mass is 10.1. The Kier molecular flexibility index (Phi) is 9.91. The van der Waals surface area contributed by atoms with Crippen LogP contribution in [0.1, 0.15) is 11.1 Å². The molecule has 0 saturated carbocycles. The van der Waals surface area contributed by atoms with E-state index in [1.165, 1.54) is 0 Å². The monoisotopic (exact) mass is 511 g/mol. The fraction of sp³-hybridized carbons (Fsp3) is 0.708. The largest absolute Gasteiger partial charge is 0.497 e. The van der Waals surface area contributed by atoms with Gasteiger partial charge in [0.2, 0.25) is 15.9 Å². The van der Waals surface area contributed by atoms with Crippen molar-refractivity contribution in [1.29, 1.82) is 0 Å². The number of likely N-dealkylation sites (N-methyl/N-ethyl adjacent to an activating group) is 2. The summed E-state index contributed by atoms with van der Waals surface area (Å²) in [5.74, 6) is 0.595. The van der Waals surface area contributed by atoms with Crippen LogP contribution in [-0.2, 0) is 19.6 Å². The zero-order valence-electron chi connectivity index (χ0n) is 21.7. The predicted molar refractivity (Wildman–Crippen MR) is 135 cm³/mol. The number of methoxy groups -OCH3 is 1. The Balaban J connectivity index is 1.62. The molecule has 198 valence electrons. The second kappa shape index (κ2) is 12.5. The third-order valence-electron chi connectivity index (χ3n) is 6.81. The Labute approximate surface area is 210 Å². The number of carbonyl (C=O) groups excluding carboxylic acids is 1. The number of ether oxygens (including phenoxy) is 2. The highest BCUT2D eigenvalue weighted by molar-refractivity contribution is 7.89. The molecule has 1 atom stereocenters.